The first kappa shape index (κ1) is 19.1. The second-order valence-electron chi connectivity index (χ2n) is 7.84. The molecule has 0 radical (unpaired) electrons. The molecule has 0 bridgehead atoms. The Hall–Kier alpha value is -2.66. The van der Waals surface area contributed by atoms with Crippen molar-refractivity contribution in [2.24, 2.45) is 5.73 Å². The van der Waals surface area contributed by atoms with E-state index in [1.165, 1.54) is 0 Å². The Labute approximate surface area is 160 Å². The normalized spacial score (nSPS) is 17.9. The van der Waals surface area contributed by atoms with Crippen LogP contribution in [0, 0.1) is 6.92 Å². The van der Waals surface area contributed by atoms with Gasteiger partial charge in [0, 0.05) is 12.2 Å². The molecule has 2 N–H and O–H groups in total. The largest absolute Gasteiger partial charge is 0.327 e. The van der Waals surface area contributed by atoms with E-state index < -0.39 is 5.54 Å². The number of carbonyl (C=O) groups excluding carboxylic acids is 2. The van der Waals surface area contributed by atoms with E-state index in [4.69, 9.17) is 5.73 Å². The van der Waals surface area contributed by atoms with Gasteiger partial charge >= 0.3 is 0 Å². The van der Waals surface area contributed by atoms with Gasteiger partial charge in [-0.1, -0.05) is 48.0 Å². The van der Waals surface area contributed by atoms with Crippen LogP contribution in [-0.2, 0) is 16.0 Å². The van der Waals surface area contributed by atoms with Crippen molar-refractivity contribution in [3.8, 4) is 0 Å². The lowest BCUT2D eigenvalue weighted by Crippen LogP contribution is -2.63. The van der Waals surface area contributed by atoms with E-state index in [0.717, 1.165) is 16.8 Å². The summed E-state index contributed by atoms with van der Waals surface area (Å²) < 4.78 is 0. The Kier molecular flexibility index (Phi) is 5.33. The zero-order chi connectivity index (χ0) is 19.6. The van der Waals surface area contributed by atoms with Crippen molar-refractivity contribution >= 4 is 17.5 Å². The molecule has 2 amide bonds. The quantitative estimate of drug-likeness (QED) is 0.905. The maximum atomic E-state index is 12.9. The maximum Gasteiger partial charge on any atom is 0.246 e. The first-order chi connectivity index (χ1) is 12.8. The molecule has 142 valence electrons. The van der Waals surface area contributed by atoms with Crippen LogP contribution in [0.4, 0.5) is 5.69 Å². The Balaban J connectivity index is 1.90. The van der Waals surface area contributed by atoms with E-state index in [0.29, 0.717) is 13.0 Å². The molecule has 1 heterocycles. The van der Waals surface area contributed by atoms with Gasteiger partial charge in [-0.3, -0.25) is 9.59 Å². The van der Waals surface area contributed by atoms with Crippen molar-refractivity contribution in [1.29, 1.82) is 0 Å². The lowest BCUT2D eigenvalue weighted by Gasteiger charge is -2.43. The summed E-state index contributed by atoms with van der Waals surface area (Å²) in [5.74, 6) is -0.277. The SMILES string of the molecule is Cc1ccc(N2CC(Cc3ccccc3)N(C(=O)C(C)(C)N)CC2=O)cc1. The first-order valence-corrected chi connectivity index (χ1v) is 9.26. The molecule has 1 unspecified atom stereocenters. The fourth-order valence-electron chi connectivity index (χ4n) is 3.41. The standard InChI is InChI=1S/C22H27N3O2/c1-16-9-11-18(12-10-16)24-14-19(13-17-7-5-4-6-8-17)25(15-20(24)26)21(27)22(2,3)23/h4-12,19H,13-15,23H2,1-3H3. The van der Waals surface area contributed by atoms with Gasteiger partial charge in [-0.2, -0.15) is 0 Å². The minimum atomic E-state index is -1.01. The second-order valence-corrected chi connectivity index (χ2v) is 7.84. The summed E-state index contributed by atoms with van der Waals surface area (Å²) in [6.07, 6.45) is 0.679. The van der Waals surface area contributed by atoms with Crippen LogP contribution in [0.2, 0.25) is 0 Å². The summed E-state index contributed by atoms with van der Waals surface area (Å²) in [6, 6.07) is 17.8. The minimum Gasteiger partial charge on any atom is -0.327 e. The molecule has 3 rings (SSSR count). The van der Waals surface area contributed by atoms with Crippen molar-refractivity contribution in [3.05, 3.63) is 65.7 Å². The number of rotatable bonds is 4. The molecule has 0 saturated carbocycles. The third-order valence-corrected chi connectivity index (χ3v) is 4.91. The van der Waals surface area contributed by atoms with Crippen LogP contribution in [0.1, 0.15) is 25.0 Å². The molecule has 27 heavy (non-hydrogen) atoms. The lowest BCUT2D eigenvalue weighted by molar-refractivity contribution is -0.143. The molecule has 1 aliphatic heterocycles. The average molecular weight is 365 g/mol. The van der Waals surface area contributed by atoms with Crippen molar-refractivity contribution in [2.45, 2.75) is 38.8 Å². The second kappa shape index (κ2) is 7.53. The molecule has 1 atom stereocenters. The van der Waals surface area contributed by atoms with Gasteiger partial charge in [0.2, 0.25) is 11.8 Å². The van der Waals surface area contributed by atoms with Crippen LogP contribution in [0.5, 0.6) is 0 Å². The number of hydrogen-bond acceptors (Lipinski definition) is 3. The number of carbonyl (C=O) groups is 2. The monoisotopic (exact) mass is 365 g/mol. The van der Waals surface area contributed by atoms with Crippen molar-refractivity contribution < 1.29 is 9.59 Å². The van der Waals surface area contributed by atoms with Crippen LogP contribution in [-0.4, -0.2) is 41.4 Å². The molecule has 1 aliphatic rings. The van der Waals surface area contributed by atoms with Crippen LogP contribution in [0.15, 0.2) is 54.6 Å². The smallest absolute Gasteiger partial charge is 0.246 e. The van der Waals surface area contributed by atoms with Crippen molar-refractivity contribution in [2.75, 3.05) is 18.0 Å². The third-order valence-electron chi connectivity index (χ3n) is 4.91. The van der Waals surface area contributed by atoms with Gasteiger partial charge in [0.1, 0.15) is 6.54 Å². The highest BCUT2D eigenvalue weighted by molar-refractivity contribution is 5.99. The Morgan fingerprint density at radius 3 is 2.33 bits per heavy atom. The van der Waals surface area contributed by atoms with Gasteiger partial charge in [-0.15, -0.1) is 0 Å². The number of nitrogens with two attached hydrogens (primary N) is 1. The lowest BCUT2D eigenvalue weighted by atomic mass is 9.97. The summed E-state index contributed by atoms with van der Waals surface area (Å²) in [4.78, 5) is 29.1. The van der Waals surface area contributed by atoms with Gasteiger partial charge < -0.3 is 15.5 Å². The maximum absolute atomic E-state index is 12.9. The molecule has 0 aromatic heterocycles. The number of amides is 2. The van der Waals surface area contributed by atoms with Crippen molar-refractivity contribution in [3.63, 3.8) is 0 Å². The average Bonchev–Trinajstić information content (AvgIpc) is 2.63. The highest BCUT2D eigenvalue weighted by Crippen LogP contribution is 2.24. The molecule has 5 heteroatoms. The first-order valence-electron chi connectivity index (χ1n) is 9.26. The summed E-state index contributed by atoms with van der Waals surface area (Å²) in [5, 5.41) is 0. The van der Waals surface area contributed by atoms with E-state index in [-0.39, 0.29) is 24.4 Å². The van der Waals surface area contributed by atoms with Gasteiger partial charge in [-0.25, -0.2) is 0 Å². The van der Waals surface area contributed by atoms with E-state index in [1.807, 2.05) is 61.5 Å². The fraction of sp³-hybridized carbons (Fsp3) is 0.364. The number of anilines is 1. The van der Waals surface area contributed by atoms with Crippen molar-refractivity contribution in [1.82, 2.24) is 4.90 Å². The molecule has 5 nitrogen and oxygen atoms in total. The zero-order valence-corrected chi connectivity index (χ0v) is 16.2. The summed E-state index contributed by atoms with van der Waals surface area (Å²) >= 11 is 0. The Morgan fingerprint density at radius 2 is 1.74 bits per heavy atom. The topological polar surface area (TPSA) is 66.6 Å². The predicted molar refractivity (Wildman–Crippen MR) is 107 cm³/mol. The Bertz CT molecular complexity index is 810. The van der Waals surface area contributed by atoms with E-state index >= 15 is 0 Å². The van der Waals surface area contributed by atoms with Crippen LogP contribution >= 0.6 is 0 Å². The van der Waals surface area contributed by atoms with E-state index in [2.05, 4.69) is 0 Å². The number of benzene rings is 2. The van der Waals surface area contributed by atoms with Gasteiger partial charge in [0.05, 0.1) is 11.6 Å². The molecule has 2 aromatic rings. The van der Waals surface area contributed by atoms with E-state index in [1.54, 1.807) is 23.6 Å². The molecule has 0 aliphatic carbocycles. The molecular weight excluding hydrogens is 338 g/mol. The molecular formula is C22H27N3O2. The van der Waals surface area contributed by atoms with Crippen LogP contribution in [0.25, 0.3) is 0 Å². The number of piperazine rings is 1. The minimum absolute atomic E-state index is 0.0465. The van der Waals surface area contributed by atoms with Crippen LogP contribution < -0.4 is 10.6 Å². The summed E-state index contributed by atoms with van der Waals surface area (Å²) in [5.41, 5.74) is 8.19. The molecule has 2 aromatic carbocycles. The predicted octanol–water partition coefficient (Wildman–Crippen LogP) is 2.52. The Morgan fingerprint density at radius 1 is 1.11 bits per heavy atom. The third kappa shape index (κ3) is 4.37. The van der Waals surface area contributed by atoms with E-state index in [9.17, 15) is 9.59 Å². The highest BCUT2D eigenvalue weighted by Gasteiger charge is 2.39. The van der Waals surface area contributed by atoms with Crippen LogP contribution in [0.3, 0.4) is 0 Å². The molecule has 1 fully saturated rings. The van der Waals surface area contributed by atoms with Gasteiger partial charge in [-0.05, 0) is 44.9 Å². The zero-order valence-electron chi connectivity index (χ0n) is 16.2. The number of hydrogen-bond donors (Lipinski definition) is 1. The number of aryl methyl sites for hydroxylation is 1. The molecule has 1 saturated heterocycles. The van der Waals surface area contributed by atoms with Gasteiger partial charge in [0.15, 0.2) is 0 Å². The fourth-order valence-corrected chi connectivity index (χ4v) is 3.41. The summed E-state index contributed by atoms with van der Waals surface area (Å²) in [6.45, 7) is 5.89. The molecule has 0 spiro atoms. The highest BCUT2D eigenvalue weighted by atomic mass is 16.2. The number of nitrogens with zero attached hydrogens (tertiary/aromatic N) is 2. The van der Waals surface area contributed by atoms with Gasteiger partial charge in [0.25, 0.3) is 0 Å². The summed E-state index contributed by atoms with van der Waals surface area (Å²) in [7, 11) is 0.